The minimum Gasteiger partial charge on any atom is -0.308 e. The summed E-state index contributed by atoms with van der Waals surface area (Å²) < 4.78 is 4.72. The molecule has 10 aromatic carbocycles. The maximum atomic E-state index is 10.7. The van der Waals surface area contributed by atoms with Crippen molar-refractivity contribution in [3.05, 3.63) is 246 Å². The molecule has 0 saturated heterocycles. The van der Waals surface area contributed by atoms with E-state index in [1.54, 1.807) is 0 Å². The Bertz CT molecular complexity index is 4810. The predicted octanol–water partition coefficient (Wildman–Crippen LogP) is 17.1. The standard InChI is InChI=1S/C71H47N7/c1-70(2)55-22-12-8-18-47(55)49-33-36-60-63(65(49)70)51-20-10-14-24-57(51)77(60)59-35-28-43(41-73)38-54(59)69-75-67(45-16-6-5-7-17-45)74-68(76-69)53-32-31-46(44-29-26-42(40-72)27-30-44)39-62(53)78-58-25-15-11-21-52(58)64-61(78)37-34-50-48-19-9-13-23-56(48)71(3,4)66(50)64/h5-39H,1-4H3. The van der Waals surface area contributed by atoms with Gasteiger partial charge in [-0.2, -0.15) is 10.5 Å². The lowest BCUT2D eigenvalue weighted by Crippen LogP contribution is -2.15. The van der Waals surface area contributed by atoms with Gasteiger partial charge >= 0.3 is 0 Å². The Morgan fingerprint density at radius 2 is 0.821 bits per heavy atom. The molecule has 0 bridgehead atoms. The smallest absolute Gasteiger partial charge is 0.166 e. The van der Waals surface area contributed by atoms with Gasteiger partial charge in [-0.15, -0.1) is 0 Å². The van der Waals surface area contributed by atoms with Gasteiger partial charge < -0.3 is 9.13 Å². The number of aromatic nitrogens is 5. The highest BCUT2D eigenvalue weighted by Crippen LogP contribution is 2.55. The molecule has 7 heteroatoms. The van der Waals surface area contributed by atoms with Crippen molar-refractivity contribution >= 4 is 43.6 Å². The monoisotopic (exact) mass is 997 g/mol. The van der Waals surface area contributed by atoms with Crippen LogP contribution in [0.15, 0.2) is 212 Å². The molecule has 2 aliphatic rings. The van der Waals surface area contributed by atoms with Gasteiger partial charge in [-0.1, -0.05) is 173 Å². The van der Waals surface area contributed by atoms with Crippen LogP contribution in [-0.4, -0.2) is 24.1 Å². The predicted molar refractivity (Wildman–Crippen MR) is 315 cm³/mol. The van der Waals surface area contributed by atoms with E-state index in [2.05, 4.69) is 188 Å². The Morgan fingerprint density at radius 1 is 0.346 bits per heavy atom. The molecule has 0 fully saturated rings. The summed E-state index contributed by atoms with van der Waals surface area (Å²) in [5, 5.41) is 25.2. The lowest BCUT2D eigenvalue weighted by molar-refractivity contribution is 0.666. The largest absolute Gasteiger partial charge is 0.308 e. The van der Waals surface area contributed by atoms with Crippen LogP contribution in [0, 0.1) is 22.7 Å². The molecule has 0 saturated carbocycles. The summed E-state index contributed by atoms with van der Waals surface area (Å²) in [6.07, 6.45) is 0. The van der Waals surface area contributed by atoms with Gasteiger partial charge in [0.25, 0.3) is 0 Å². The van der Waals surface area contributed by atoms with Crippen LogP contribution in [0.4, 0.5) is 0 Å². The van der Waals surface area contributed by atoms with Crippen molar-refractivity contribution in [2.45, 2.75) is 38.5 Å². The van der Waals surface area contributed by atoms with Crippen molar-refractivity contribution in [1.29, 1.82) is 10.5 Å². The molecule has 7 nitrogen and oxygen atoms in total. The first-order valence-electron chi connectivity index (χ1n) is 26.5. The summed E-state index contributed by atoms with van der Waals surface area (Å²) in [5.41, 5.74) is 21.1. The summed E-state index contributed by atoms with van der Waals surface area (Å²) in [6, 6.07) is 79.0. The van der Waals surface area contributed by atoms with Crippen molar-refractivity contribution in [2.75, 3.05) is 0 Å². The fourth-order valence-corrected chi connectivity index (χ4v) is 13.3. The molecular weight excluding hydrogens is 951 g/mol. The minimum absolute atomic E-state index is 0.257. The average Bonchev–Trinajstić information content (AvgIpc) is 4.23. The van der Waals surface area contributed by atoms with Crippen LogP contribution in [0.5, 0.6) is 0 Å². The number of nitrogens with zero attached hydrogens (tertiary/aromatic N) is 7. The first kappa shape index (κ1) is 45.2. The number of nitriles is 2. The van der Waals surface area contributed by atoms with Crippen molar-refractivity contribution in [1.82, 2.24) is 24.1 Å². The molecule has 366 valence electrons. The van der Waals surface area contributed by atoms with Crippen LogP contribution < -0.4 is 0 Å². The van der Waals surface area contributed by atoms with Gasteiger partial charge in [-0.3, -0.25) is 0 Å². The number of rotatable bonds is 6. The second-order valence-corrected chi connectivity index (χ2v) is 21.7. The Labute approximate surface area is 451 Å². The molecule has 15 rings (SSSR count). The zero-order chi connectivity index (χ0) is 52.6. The normalized spacial score (nSPS) is 13.6. The van der Waals surface area contributed by atoms with Gasteiger partial charge in [0.2, 0.25) is 0 Å². The number of para-hydroxylation sites is 2. The van der Waals surface area contributed by atoms with Crippen LogP contribution in [0.2, 0.25) is 0 Å². The number of hydrogen-bond acceptors (Lipinski definition) is 5. The second-order valence-electron chi connectivity index (χ2n) is 21.7. The highest BCUT2D eigenvalue weighted by atomic mass is 15.1. The Hall–Kier alpha value is -10.2. The van der Waals surface area contributed by atoms with Crippen LogP contribution >= 0.6 is 0 Å². The highest BCUT2D eigenvalue weighted by molar-refractivity contribution is 6.16. The fraction of sp³-hybridized carbons (Fsp3) is 0.0845. The molecule has 3 heterocycles. The van der Waals surface area contributed by atoms with Gasteiger partial charge in [0, 0.05) is 49.1 Å². The van der Waals surface area contributed by atoms with Gasteiger partial charge in [0.05, 0.1) is 56.7 Å². The lowest BCUT2D eigenvalue weighted by Gasteiger charge is -2.23. The Balaban J connectivity index is 1.01. The van der Waals surface area contributed by atoms with E-state index in [1.807, 2.05) is 72.8 Å². The molecule has 78 heavy (non-hydrogen) atoms. The van der Waals surface area contributed by atoms with Crippen molar-refractivity contribution in [2.24, 2.45) is 0 Å². The number of fused-ring (bicyclic) bond motifs is 14. The van der Waals surface area contributed by atoms with Crippen molar-refractivity contribution < 1.29 is 0 Å². The van der Waals surface area contributed by atoms with Gasteiger partial charge in [-0.25, -0.2) is 15.0 Å². The average molecular weight is 998 g/mol. The van der Waals surface area contributed by atoms with Gasteiger partial charge in [-0.05, 0) is 122 Å². The Morgan fingerprint density at radius 3 is 1.41 bits per heavy atom. The van der Waals surface area contributed by atoms with E-state index < -0.39 is 0 Å². The van der Waals surface area contributed by atoms with E-state index in [1.165, 1.54) is 55.3 Å². The third-order valence-corrected chi connectivity index (χ3v) is 16.8. The van der Waals surface area contributed by atoms with Crippen molar-refractivity contribution in [3.8, 4) is 91.1 Å². The van der Waals surface area contributed by atoms with Gasteiger partial charge in [0.15, 0.2) is 17.5 Å². The summed E-state index contributed by atoms with van der Waals surface area (Å²) >= 11 is 0. The van der Waals surface area contributed by atoms with E-state index in [9.17, 15) is 10.5 Å². The van der Waals surface area contributed by atoms with E-state index in [0.29, 0.717) is 34.2 Å². The van der Waals surface area contributed by atoms with Crippen LogP contribution in [-0.2, 0) is 10.8 Å². The minimum atomic E-state index is -0.269. The molecule has 0 unspecified atom stereocenters. The topological polar surface area (TPSA) is 96.1 Å². The number of hydrogen-bond donors (Lipinski definition) is 0. The van der Waals surface area contributed by atoms with Crippen LogP contribution in [0.3, 0.4) is 0 Å². The first-order chi connectivity index (χ1) is 38.1. The quantitative estimate of drug-likeness (QED) is 0.165. The summed E-state index contributed by atoms with van der Waals surface area (Å²) in [6.45, 7) is 9.37. The molecule has 0 radical (unpaired) electrons. The maximum absolute atomic E-state index is 10.7. The maximum Gasteiger partial charge on any atom is 0.166 e. The first-order valence-corrected chi connectivity index (χ1v) is 26.5. The summed E-state index contributed by atoms with van der Waals surface area (Å²) in [4.78, 5) is 16.4. The fourth-order valence-electron chi connectivity index (χ4n) is 13.3. The summed E-state index contributed by atoms with van der Waals surface area (Å²) in [7, 11) is 0. The molecule has 2 aliphatic carbocycles. The zero-order valence-electron chi connectivity index (χ0n) is 43.3. The molecule has 0 amide bonds. The molecule has 0 spiro atoms. The molecule has 3 aromatic heterocycles. The number of benzene rings is 10. The third kappa shape index (κ3) is 6.40. The zero-order valence-corrected chi connectivity index (χ0v) is 43.3. The van der Waals surface area contributed by atoms with Gasteiger partial charge in [0.1, 0.15) is 0 Å². The lowest BCUT2D eigenvalue weighted by atomic mass is 9.80. The third-order valence-electron chi connectivity index (χ3n) is 16.8. The molecular formula is C71H47N7. The molecule has 0 N–H and O–H groups in total. The van der Waals surface area contributed by atoms with Crippen LogP contribution in [0.25, 0.3) is 123 Å². The van der Waals surface area contributed by atoms with E-state index in [-0.39, 0.29) is 10.8 Å². The second kappa shape index (κ2) is 16.6. The molecule has 13 aromatic rings. The van der Waals surface area contributed by atoms with Crippen LogP contribution in [0.1, 0.15) is 61.1 Å². The SMILES string of the molecule is CC1(C)c2ccccc2-c2ccc3c(c21)c1ccccc1n3-c1ccc(C#N)cc1-c1nc(-c2ccccc2)nc(-c2ccc(-c3ccc(C#N)cc3)cc2-n2c3ccccc3c3c4c(ccc32)-c2ccccc2C4(C)C)n1. The molecule has 0 atom stereocenters. The van der Waals surface area contributed by atoms with E-state index in [4.69, 9.17) is 15.0 Å². The van der Waals surface area contributed by atoms with E-state index >= 15 is 0 Å². The molecule has 0 aliphatic heterocycles. The van der Waals surface area contributed by atoms with Crippen molar-refractivity contribution in [3.63, 3.8) is 0 Å². The highest BCUT2D eigenvalue weighted by Gasteiger charge is 2.40. The van der Waals surface area contributed by atoms with E-state index in [0.717, 1.165) is 66.5 Å². The Kier molecular flexibility index (Phi) is 9.65. The summed E-state index contributed by atoms with van der Waals surface area (Å²) in [5.74, 6) is 1.42.